The van der Waals surface area contributed by atoms with Crippen LogP contribution in [0, 0.1) is 5.82 Å². The van der Waals surface area contributed by atoms with Crippen molar-refractivity contribution in [2.75, 3.05) is 36.4 Å². The highest BCUT2D eigenvalue weighted by Gasteiger charge is 2.40. The van der Waals surface area contributed by atoms with Gasteiger partial charge in [-0.15, -0.1) is 0 Å². The Hall–Kier alpha value is -3.84. The normalized spacial score (nSPS) is 20.4. The SMILES string of the molecule is CC(=O)Nc1ccc(S(=O)(=O)N2CCN(c3cc4c(cc3F)C(=O)N(C3CCC(=O)NC3=O)C4)CC2)cc1. The van der Waals surface area contributed by atoms with Crippen LogP contribution in [0.2, 0.25) is 0 Å². The number of fused-ring (bicyclic) bond motifs is 1. The summed E-state index contributed by atoms with van der Waals surface area (Å²) >= 11 is 0. The van der Waals surface area contributed by atoms with Gasteiger partial charge >= 0.3 is 0 Å². The number of piperazine rings is 1. The van der Waals surface area contributed by atoms with Gasteiger partial charge in [0.25, 0.3) is 5.91 Å². The number of amides is 4. The van der Waals surface area contributed by atoms with Crippen molar-refractivity contribution in [3.8, 4) is 0 Å². The summed E-state index contributed by atoms with van der Waals surface area (Å²) in [5, 5.41) is 4.83. The fourth-order valence-corrected chi connectivity index (χ4v) is 6.47. The highest BCUT2D eigenvalue weighted by molar-refractivity contribution is 7.89. The number of hydrogen-bond donors (Lipinski definition) is 2. The topological polar surface area (TPSA) is 136 Å². The summed E-state index contributed by atoms with van der Waals surface area (Å²) < 4.78 is 42.7. The van der Waals surface area contributed by atoms with Crippen LogP contribution < -0.4 is 15.5 Å². The van der Waals surface area contributed by atoms with E-state index in [9.17, 15) is 27.6 Å². The molecule has 2 aromatic carbocycles. The summed E-state index contributed by atoms with van der Waals surface area (Å²) in [6, 6.07) is 7.85. The first kappa shape index (κ1) is 25.8. The molecule has 0 aromatic heterocycles. The second kappa shape index (κ2) is 9.80. The molecular weight excluding hydrogens is 517 g/mol. The molecule has 1 atom stereocenters. The van der Waals surface area contributed by atoms with Gasteiger partial charge in [0, 0.05) is 57.3 Å². The third-order valence-electron chi connectivity index (χ3n) is 6.98. The number of anilines is 2. The number of piperidine rings is 1. The molecule has 2 N–H and O–H groups in total. The van der Waals surface area contributed by atoms with Crippen LogP contribution in [0.25, 0.3) is 0 Å². The lowest BCUT2D eigenvalue weighted by Crippen LogP contribution is -2.52. The van der Waals surface area contributed by atoms with Crippen LogP contribution in [0.3, 0.4) is 0 Å². The minimum Gasteiger partial charge on any atom is -0.367 e. The molecule has 200 valence electrons. The second-order valence-corrected chi connectivity index (χ2v) is 11.4. The number of sulfonamides is 1. The quantitative estimate of drug-likeness (QED) is 0.538. The molecule has 0 spiro atoms. The molecule has 11 nitrogen and oxygen atoms in total. The molecule has 1 unspecified atom stereocenters. The Bertz CT molecular complexity index is 1440. The zero-order chi connectivity index (χ0) is 27.2. The Morgan fingerprint density at radius 1 is 1.05 bits per heavy atom. The van der Waals surface area contributed by atoms with E-state index in [1.165, 1.54) is 46.5 Å². The average Bonchev–Trinajstić information content (AvgIpc) is 3.18. The van der Waals surface area contributed by atoms with Crippen LogP contribution in [0.1, 0.15) is 35.7 Å². The van der Waals surface area contributed by atoms with Crippen molar-refractivity contribution in [2.45, 2.75) is 37.2 Å². The van der Waals surface area contributed by atoms with Crippen LogP contribution in [0.15, 0.2) is 41.3 Å². The first-order chi connectivity index (χ1) is 18.0. The highest BCUT2D eigenvalue weighted by atomic mass is 32.2. The number of nitrogens with one attached hydrogen (secondary N) is 2. The van der Waals surface area contributed by atoms with Gasteiger partial charge < -0.3 is 15.1 Å². The monoisotopic (exact) mass is 543 g/mol. The Morgan fingerprint density at radius 3 is 2.37 bits per heavy atom. The fraction of sp³-hybridized carbons (Fsp3) is 0.360. The summed E-state index contributed by atoms with van der Waals surface area (Å²) in [5.74, 6) is -2.24. The van der Waals surface area contributed by atoms with E-state index in [2.05, 4.69) is 10.6 Å². The van der Waals surface area contributed by atoms with Crippen molar-refractivity contribution in [3.05, 3.63) is 53.3 Å². The summed E-state index contributed by atoms with van der Waals surface area (Å²) in [7, 11) is -3.78. The average molecular weight is 544 g/mol. The fourth-order valence-electron chi connectivity index (χ4n) is 5.05. The molecule has 0 saturated carbocycles. The Labute approximate surface area is 218 Å². The van der Waals surface area contributed by atoms with Crippen molar-refractivity contribution in [1.82, 2.24) is 14.5 Å². The largest absolute Gasteiger partial charge is 0.367 e. The van der Waals surface area contributed by atoms with Crippen LogP contribution in [-0.4, -0.2) is 73.5 Å². The third kappa shape index (κ3) is 4.74. The first-order valence-electron chi connectivity index (χ1n) is 12.1. The molecule has 3 heterocycles. The number of halogens is 1. The smallest absolute Gasteiger partial charge is 0.255 e. The van der Waals surface area contributed by atoms with E-state index < -0.39 is 33.7 Å². The molecular formula is C25H26FN5O6S. The van der Waals surface area contributed by atoms with E-state index >= 15 is 4.39 Å². The van der Waals surface area contributed by atoms with E-state index in [0.29, 0.717) is 11.3 Å². The predicted octanol–water partition coefficient (Wildman–Crippen LogP) is 1.06. The Morgan fingerprint density at radius 2 is 1.74 bits per heavy atom. The van der Waals surface area contributed by atoms with Gasteiger partial charge in [-0.05, 0) is 48.4 Å². The number of imide groups is 1. The number of carbonyl (C=O) groups excluding carboxylic acids is 4. The standard InChI is InChI=1S/C25H26FN5O6S/c1-15(32)27-17-2-4-18(5-3-17)38(36,37)30-10-8-29(9-11-30)22-12-16-14-31(25(35)19(16)13-20(22)26)21-6-7-23(33)28-24(21)34/h2-5,12-13,21H,6-11,14H2,1H3,(H,27,32)(H,28,33,34). The third-order valence-corrected chi connectivity index (χ3v) is 8.90. The van der Waals surface area contributed by atoms with Gasteiger partial charge in [0.2, 0.25) is 27.7 Å². The van der Waals surface area contributed by atoms with Gasteiger partial charge in [0.15, 0.2) is 0 Å². The molecule has 2 fully saturated rings. The number of rotatable bonds is 5. The van der Waals surface area contributed by atoms with E-state index in [1.54, 1.807) is 11.0 Å². The maximum atomic E-state index is 15.1. The maximum Gasteiger partial charge on any atom is 0.255 e. The van der Waals surface area contributed by atoms with Gasteiger partial charge in [-0.25, -0.2) is 12.8 Å². The van der Waals surface area contributed by atoms with Gasteiger partial charge in [-0.3, -0.25) is 24.5 Å². The highest BCUT2D eigenvalue weighted by Crippen LogP contribution is 2.33. The number of carbonyl (C=O) groups is 4. The lowest BCUT2D eigenvalue weighted by atomic mass is 10.0. The van der Waals surface area contributed by atoms with E-state index in [4.69, 9.17) is 0 Å². The Kier molecular flexibility index (Phi) is 6.65. The van der Waals surface area contributed by atoms with Crippen LogP contribution in [-0.2, 0) is 31.0 Å². The number of nitrogens with zero attached hydrogens (tertiary/aromatic N) is 3. The molecule has 3 aliphatic heterocycles. The van der Waals surface area contributed by atoms with Crippen LogP contribution in [0.4, 0.5) is 15.8 Å². The van der Waals surface area contributed by atoms with Crippen LogP contribution >= 0.6 is 0 Å². The molecule has 0 radical (unpaired) electrons. The van der Waals surface area contributed by atoms with E-state index in [0.717, 1.165) is 0 Å². The maximum absolute atomic E-state index is 15.1. The summed E-state index contributed by atoms with van der Waals surface area (Å²) in [4.78, 5) is 51.0. The minimum atomic E-state index is -3.78. The molecule has 2 aromatic rings. The van der Waals surface area contributed by atoms with Crippen molar-refractivity contribution in [2.24, 2.45) is 0 Å². The predicted molar refractivity (Wildman–Crippen MR) is 134 cm³/mol. The molecule has 0 aliphatic carbocycles. The van der Waals surface area contributed by atoms with Crippen molar-refractivity contribution in [1.29, 1.82) is 0 Å². The lowest BCUT2D eigenvalue weighted by Gasteiger charge is -2.35. The van der Waals surface area contributed by atoms with Crippen LogP contribution in [0.5, 0.6) is 0 Å². The lowest BCUT2D eigenvalue weighted by molar-refractivity contribution is -0.137. The van der Waals surface area contributed by atoms with Gasteiger partial charge in [0.05, 0.1) is 10.6 Å². The van der Waals surface area contributed by atoms with Gasteiger partial charge in [-0.1, -0.05) is 0 Å². The number of hydrogen-bond acceptors (Lipinski definition) is 7. The van der Waals surface area contributed by atoms with Gasteiger partial charge in [0.1, 0.15) is 11.9 Å². The minimum absolute atomic E-state index is 0.0933. The molecule has 0 bridgehead atoms. The second-order valence-electron chi connectivity index (χ2n) is 9.46. The Balaban J connectivity index is 1.27. The van der Waals surface area contributed by atoms with Crippen molar-refractivity contribution < 1.29 is 32.0 Å². The van der Waals surface area contributed by atoms with E-state index in [1.807, 2.05) is 0 Å². The molecule has 4 amide bonds. The summed E-state index contributed by atoms with van der Waals surface area (Å²) in [6.07, 6.45) is 0.342. The van der Waals surface area contributed by atoms with Crippen molar-refractivity contribution in [3.63, 3.8) is 0 Å². The molecule has 5 rings (SSSR count). The molecule has 38 heavy (non-hydrogen) atoms. The summed E-state index contributed by atoms with van der Waals surface area (Å²) in [6.45, 7) is 2.23. The first-order valence-corrected chi connectivity index (χ1v) is 13.6. The molecule has 3 aliphatic rings. The molecule has 2 saturated heterocycles. The van der Waals surface area contributed by atoms with Gasteiger partial charge in [-0.2, -0.15) is 4.31 Å². The molecule has 13 heteroatoms. The zero-order valence-corrected chi connectivity index (χ0v) is 21.4. The zero-order valence-electron chi connectivity index (χ0n) is 20.6. The number of benzene rings is 2. The van der Waals surface area contributed by atoms with Crippen molar-refractivity contribution >= 4 is 45.0 Å². The van der Waals surface area contributed by atoms with E-state index in [-0.39, 0.29) is 73.5 Å². The summed E-state index contributed by atoms with van der Waals surface area (Å²) in [5.41, 5.74) is 1.51.